The van der Waals surface area contributed by atoms with Crippen LogP contribution in [0.15, 0.2) is 30.3 Å². The van der Waals surface area contributed by atoms with Gasteiger partial charge in [-0.15, -0.1) is 0 Å². The molecule has 2 rings (SSSR count). The summed E-state index contributed by atoms with van der Waals surface area (Å²) in [6.07, 6.45) is 1.79. The van der Waals surface area contributed by atoms with Gasteiger partial charge in [-0.3, -0.25) is 4.79 Å². The number of hydrogen-bond acceptors (Lipinski definition) is 4. The minimum Gasteiger partial charge on any atom is -0.460 e. The van der Waals surface area contributed by atoms with Crippen molar-refractivity contribution in [3.8, 4) is 0 Å². The minimum absolute atomic E-state index is 0.151. The lowest BCUT2D eigenvalue weighted by Gasteiger charge is -2.29. The molecule has 0 amide bonds. The van der Waals surface area contributed by atoms with E-state index in [1.807, 2.05) is 51.1 Å². The number of rotatable bonds is 7. The first-order valence-electron chi connectivity index (χ1n) is 8.26. The number of carbonyl (C=O) groups is 1. The molecule has 134 valence electrons. The van der Waals surface area contributed by atoms with Gasteiger partial charge in [0.1, 0.15) is 12.6 Å². The third-order valence-corrected chi connectivity index (χ3v) is 6.16. The lowest BCUT2D eigenvalue weighted by atomic mass is 10.0. The highest BCUT2D eigenvalue weighted by Crippen LogP contribution is 2.23. The molecule has 1 aromatic carbocycles. The molecule has 1 heterocycles. The van der Waals surface area contributed by atoms with Gasteiger partial charge in [0.15, 0.2) is 0 Å². The van der Waals surface area contributed by atoms with Crippen molar-refractivity contribution in [2.24, 2.45) is 0 Å². The van der Waals surface area contributed by atoms with E-state index in [0.717, 1.165) is 5.56 Å². The van der Waals surface area contributed by atoms with Crippen LogP contribution in [-0.2, 0) is 26.3 Å². The molecule has 0 spiro atoms. The Morgan fingerprint density at radius 2 is 2.00 bits per heavy atom. The second-order valence-corrected chi connectivity index (χ2v) is 8.33. The highest BCUT2D eigenvalue weighted by atomic mass is 32.2. The number of esters is 1. The zero-order chi connectivity index (χ0) is 17.8. The fourth-order valence-electron chi connectivity index (χ4n) is 2.57. The molecule has 0 unspecified atom stereocenters. The van der Waals surface area contributed by atoms with E-state index in [0.29, 0.717) is 25.8 Å². The smallest absolute Gasteiger partial charge is 0.324 e. The first kappa shape index (κ1) is 18.9. The molecule has 1 N–H and O–H groups in total. The number of nitrogens with zero attached hydrogens (tertiary/aromatic N) is 1. The van der Waals surface area contributed by atoms with Crippen molar-refractivity contribution in [1.29, 1.82) is 0 Å². The van der Waals surface area contributed by atoms with E-state index in [4.69, 9.17) is 4.74 Å². The van der Waals surface area contributed by atoms with Gasteiger partial charge < -0.3 is 4.74 Å². The van der Waals surface area contributed by atoms with Crippen LogP contribution >= 0.6 is 0 Å². The van der Waals surface area contributed by atoms with Crippen molar-refractivity contribution in [2.75, 3.05) is 6.54 Å². The Kier molecular flexibility index (Phi) is 6.01. The fourth-order valence-corrected chi connectivity index (χ4v) is 4.42. The Balaban J connectivity index is 2.02. The lowest BCUT2D eigenvalue weighted by molar-refractivity contribution is -0.148. The summed E-state index contributed by atoms with van der Waals surface area (Å²) in [6.45, 7) is 6.04. The van der Waals surface area contributed by atoms with E-state index in [-0.39, 0.29) is 6.61 Å². The van der Waals surface area contributed by atoms with E-state index >= 15 is 0 Å². The van der Waals surface area contributed by atoms with E-state index < -0.39 is 27.8 Å². The molecule has 6 nitrogen and oxygen atoms in total. The monoisotopic (exact) mass is 354 g/mol. The Morgan fingerprint density at radius 3 is 2.62 bits per heavy atom. The van der Waals surface area contributed by atoms with Crippen LogP contribution < -0.4 is 4.72 Å². The van der Waals surface area contributed by atoms with Gasteiger partial charge in [0.05, 0.1) is 0 Å². The molecule has 0 aromatic heterocycles. The molecule has 1 aliphatic heterocycles. The van der Waals surface area contributed by atoms with Gasteiger partial charge >= 0.3 is 5.97 Å². The molecule has 1 aliphatic rings. The molecule has 1 aromatic rings. The number of benzene rings is 1. The van der Waals surface area contributed by atoms with Crippen LogP contribution in [0, 0.1) is 0 Å². The molecule has 1 fully saturated rings. The van der Waals surface area contributed by atoms with E-state index in [2.05, 4.69) is 4.72 Å². The largest absolute Gasteiger partial charge is 0.460 e. The van der Waals surface area contributed by atoms with Crippen LogP contribution in [0.4, 0.5) is 0 Å². The van der Waals surface area contributed by atoms with E-state index in [1.165, 1.54) is 4.31 Å². The van der Waals surface area contributed by atoms with Crippen molar-refractivity contribution in [3.63, 3.8) is 0 Å². The molecule has 0 aliphatic carbocycles. The number of carbonyl (C=O) groups excluding carboxylic acids is 1. The second kappa shape index (κ2) is 7.63. The van der Waals surface area contributed by atoms with Gasteiger partial charge in [0.2, 0.25) is 0 Å². The first-order valence-corrected chi connectivity index (χ1v) is 9.70. The summed E-state index contributed by atoms with van der Waals surface area (Å²) in [5, 5.41) is 0. The highest BCUT2D eigenvalue weighted by Gasteiger charge is 2.41. The summed E-state index contributed by atoms with van der Waals surface area (Å²) < 4.78 is 34.4. The summed E-state index contributed by atoms with van der Waals surface area (Å²) in [4.78, 5) is 12.4. The molecule has 0 radical (unpaired) electrons. The molecule has 24 heavy (non-hydrogen) atoms. The Morgan fingerprint density at radius 1 is 1.33 bits per heavy atom. The maximum absolute atomic E-state index is 12.6. The SMILES string of the molecule is CCC(C)(C)NS(=O)(=O)N1CCC[C@H]1C(=O)OCc1ccccc1. The average Bonchev–Trinajstić information content (AvgIpc) is 3.03. The van der Waals surface area contributed by atoms with Crippen LogP contribution in [0.25, 0.3) is 0 Å². The van der Waals surface area contributed by atoms with Crippen LogP contribution in [0.1, 0.15) is 45.6 Å². The molecular weight excluding hydrogens is 328 g/mol. The van der Waals surface area contributed by atoms with Gasteiger partial charge in [-0.1, -0.05) is 37.3 Å². The average molecular weight is 354 g/mol. The molecule has 1 saturated heterocycles. The number of ether oxygens (including phenoxy) is 1. The Labute approximate surface area is 144 Å². The number of hydrogen-bond donors (Lipinski definition) is 1. The molecule has 0 bridgehead atoms. The molecule has 7 heteroatoms. The van der Waals surface area contributed by atoms with Crippen molar-refractivity contribution in [3.05, 3.63) is 35.9 Å². The maximum Gasteiger partial charge on any atom is 0.324 e. The zero-order valence-corrected chi connectivity index (χ0v) is 15.3. The lowest BCUT2D eigenvalue weighted by Crippen LogP contribution is -2.53. The standard InChI is InChI=1S/C17H26N2O4S/c1-4-17(2,3)18-24(21,22)19-12-8-11-15(19)16(20)23-13-14-9-6-5-7-10-14/h5-7,9-10,15,18H,4,8,11-13H2,1-3H3/t15-/m0/s1. The molecular formula is C17H26N2O4S. The highest BCUT2D eigenvalue weighted by molar-refractivity contribution is 7.87. The maximum atomic E-state index is 12.6. The molecule has 1 atom stereocenters. The van der Waals surface area contributed by atoms with Crippen molar-refractivity contribution >= 4 is 16.2 Å². The van der Waals surface area contributed by atoms with Crippen LogP contribution in [0.2, 0.25) is 0 Å². The first-order chi connectivity index (χ1) is 11.2. The van der Waals surface area contributed by atoms with Gasteiger partial charge in [-0.2, -0.15) is 17.4 Å². The van der Waals surface area contributed by atoms with Gasteiger partial charge in [0.25, 0.3) is 10.2 Å². The van der Waals surface area contributed by atoms with Crippen LogP contribution in [0.5, 0.6) is 0 Å². The Hall–Kier alpha value is -1.44. The summed E-state index contributed by atoms with van der Waals surface area (Å²) in [7, 11) is -3.72. The van der Waals surface area contributed by atoms with Crippen molar-refractivity contribution < 1.29 is 17.9 Å². The summed E-state index contributed by atoms with van der Waals surface area (Å²) in [5.41, 5.74) is 0.323. The quantitative estimate of drug-likeness (QED) is 0.762. The van der Waals surface area contributed by atoms with Crippen LogP contribution in [0.3, 0.4) is 0 Å². The summed E-state index contributed by atoms with van der Waals surface area (Å²) in [6, 6.07) is 8.60. The number of nitrogens with one attached hydrogen (secondary N) is 1. The van der Waals surface area contributed by atoms with Crippen LogP contribution in [-0.4, -0.2) is 36.8 Å². The van der Waals surface area contributed by atoms with E-state index in [1.54, 1.807) is 0 Å². The predicted molar refractivity (Wildman–Crippen MR) is 92.4 cm³/mol. The van der Waals surface area contributed by atoms with Gasteiger partial charge in [-0.05, 0) is 38.7 Å². The van der Waals surface area contributed by atoms with Gasteiger partial charge in [-0.25, -0.2) is 0 Å². The zero-order valence-electron chi connectivity index (χ0n) is 14.5. The Bertz CT molecular complexity index is 658. The predicted octanol–water partition coefficient (Wildman–Crippen LogP) is 2.22. The van der Waals surface area contributed by atoms with Gasteiger partial charge in [0, 0.05) is 12.1 Å². The second-order valence-electron chi connectivity index (χ2n) is 6.71. The minimum atomic E-state index is -3.72. The summed E-state index contributed by atoms with van der Waals surface area (Å²) in [5.74, 6) is -0.490. The summed E-state index contributed by atoms with van der Waals surface area (Å²) >= 11 is 0. The van der Waals surface area contributed by atoms with E-state index in [9.17, 15) is 13.2 Å². The topological polar surface area (TPSA) is 75.7 Å². The fraction of sp³-hybridized carbons (Fsp3) is 0.588. The molecule has 0 saturated carbocycles. The van der Waals surface area contributed by atoms with Crippen molar-refractivity contribution in [2.45, 2.75) is 58.2 Å². The third kappa shape index (κ3) is 4.78. The normalized spacial score (nSPS) is 19.4. The third-order valence-electron chi connectivity index (χ3n) is 4.30. The van der Waals surface area contributed by atoms with Crippen molar-refractivity contribution in [1.82, 2.24) is 9.03 Å².